The molecule has 1 amide bonds. The van der Waals surface area contributed by atoms with Crippen molar-refractivity contribution >= 4 is 11.9 Å². The molecule has 0 saturated carbocycles. The summed E-state index contributed by atoms with van der Waals surface area (Å²) in [6, 6.07) is -0.673. The fourth-order valence-electron chi connectivity index (χ4n) is 1.79. The monoisotopic (exact) mass is 214 g/mol. The summed E-state index contributed by atoms with van der Waals surface area (Å²) in [6.07, 6.45) is 1.89. The molecular weight excluding hydrogens is 196 g/mol. The van der Waals surface area contributed by atoms with Crippen molar-refractivity contribution in [2.45, 2.75) is 31.8 Å². The Balaban J connectivity index is 2.44. The topological polar surface area (TPSA) is 58.6 Å². The van der Waals surface area contributed by atoms with Crippen LogP contribution in [0.15, 0.2) is 0 Å². The van der Waals surface area contributed by atoms with Crippen molar-refractivity contribution in [1.29, 1.82) is 0 Å². The smallest absolute Gasteiger partial charge is 0.328 e. The maximum Gasteiger partial charge on any atom is 0.328 e. The van der Waals surface area contributed by atoms with E-state index in [0.29, 0.717) is 0 Å². The van der Waals surface area contributed by atoms with Gasteiger partial charge in [0, 0.05) is 0 Å². The van der Waals surface area contributed by atoms with Gasteiger partial charge in [-0.25, -0.2) is 4.79 Å². The van der Waals surface area contributed by atoms with Crippen LogP contribution in [0, 0.1) is 0 Å². The summed E-state index contributed by atoms with van der Waals surface area (Å²) in [5, 5.41) is 2.65. The van der Waals surface area contributed by atoms with E-state index >= 15 is 0 Å². The summed E-state index contributed by atoms with van der Waals surface area (Å²) >= 11 is 0. The van der Waals surface area contributed by atoms with E-state index in [1.165, 1.54) is 7.11 Å². The normalized spacial score (nSPS) is 23.5. The van der Waals surface area contributed by atoms with Crippen molar-refractivity contribution in [3.05, 3.63) is 0 Å². The van der Waals surface area contributed by atoms with Crippen LogP contribution < -0.4 is 5.32 Å². The van der Waals surface area contributed by atoms with Crippen LogP contribution in [0.2, 0.25) is 0 Å². The molecule has 0 aliphatic carbocycles. The Kier molecular flexibility index (Phi) is 4.08. The average Bonchev–Trinajstić information content (AvgIpc) is 2.63. The zero-order chi connectivity index (χ0) is 11.4. The molecule has 1 rings (SSSR count). The number of nitrogens with zero attached hydrogens (tertiary/aromatic N) is 1. The van der Waals surface area contributed by atoms with Crippen LogP contribution in [0.1, 0.15) is 19.8 Å². The lowest BCUT2D eigenvalue weighted by Crippen LogP contribution is -2.47. The third-order valence-electron chi connectivity index (χ3n) is 2.74. The minimum absolute atomic E-state index is 0.0899. The highest BCUT2D eigenvalue weighted by Crippen LogP contribution is 2.14. The predicted molar refractivity (Wildman–Crippen MR) is 55.3 cm³/mol. The summed E-state index contributed by atoms with van der Waals surface area (Å²) < 4.78 is 4.54. The molecule has 1 heterocycles. The second-order valence-corrected chi connectivity index (χ2v) is 3.89. The van der Waals surface area contributed by atoms with E-state index in [4.69, 9.17) is 0 Å². The molecule has 1 aliphatic rings. The minimum Gasteiger partial charge on any atom is -0.467 e. The summed E-state index contributed by atoms with van der Waals surface area (Å²) in [6.45, 7) is 2.56. The Morgan fingerprint density at radius 1 is 1.53 bits per heavy atom. The lowest BCUT2D eigenvalue weighted by atomic mass is 10.2. The van der Waals surface area contributed by atoms with E-state index < -0.39 is 12.0 Å². The molecule has 5 heteroatoms. The maximum absolute atomic E-state index is 11.7. The molecule has 1 aliphatic heterocycles. The zero-order valence-electron chi connectivity index (χ0n) is 9.45. The summed E-state index contributed by atoms with van der Waals surface area (Å²) in [7, 11) is 3.23. The van der Waals surface area contributed by atoms with Crippen LogP contribution in [-0.4, -0.2) is 49.6 Å². The van der Waals surface area contributed by atoms with Gasteiger partial charge in [0.1, 0.15) is 6.04 Å². The fourth-order valence-corrected chi connectivity index (χ4v) is 1.79. The lowest BCUT2D eigenvalue weighted by Gasteiger charge is -2.20. The first-order valence-corrected chi connectivity index (χ1v) is 5.14. The van der Waals surface area contributed by atoms with E-state index in [0.717, 1.165) is 19.4 Å². The Bertz CT molecular complexity index is 255. The van der Waals surface area contributed by atoms with Gasteiger partial charge in [0.25, 0.3) is 0 Å². The molecule has 0 bridgehead atoms. The number of likely N-dealkylation sites (tertiary alicyclic amines) is 1. The van der Waals surface area contributed by atoms with Crippen LogP contribution in [0.3, 0.4) is 0 Å². The number of amides is 1. The molecule has 15 heavy (non-hydrogen) atoms. The van der Waals surface area contributed by atoms with Crippen LogP contribution in [0.5, 0.6) is 0 Å². The van der Waals surface area contributed by atoms with E-state index in [-0.39, 0.29) is 11.9 Å². The molecular formula is C10H18N2O3. The molecule has 0 spiro atoms. The number of ether oxygens (including phenoxy) is 1. The van der Waals surface area contributed by atoms with Crippen molar-refractivity contribution < 1.29 is 14.3 Å². The first-order chi connectivity index (χ1) is 7.06. The van der Waals surface area contributed by atoms with Gasteiger partial charge in [-0.2, -0.15) is 0 Å². The molecule has 0 aromatic rings. The number of hydrogen-bond acceptors (Lipinski definition) is 4. The van der Waals surface area contributed by atoms with Crippen molar-refractivity contribution in [3.63, 3.8) is 0 Å². The SMILES string of the molecule is COC(=O)[C@@H](C)NC(=O)C1CCCN1C. The molecule has 0 aromatic carbocycles. The third-order valence-corrected chi connectivity index (χ3v) is 2.74. The molecule has 5 nitrogen and oxygen atoms in total. The Labute approximate surface area is 89.8 Å². The predicted octanol–water partition coefficient (Wildman–Crippen LogP) is -0.242. The quantitative estimate of drug-likeness (QED) is 0.659. The number of esters is 1. The first-order valence-electron chi connectivity index (χ1n) is 5.14. The molecule has 86 valence electrons. The number of nitrogens with one attached hydrogen (secondary N) is 1. The van der Waals surface area contributed by atoms with Gasteiger partial charge in [-0.15, -0.1) is 0 Å². The number of methoxy groups -OCH3 is 1. The van der Waals surface area contributed by atoms with Crippen molar-refractivity contribution in [1.82, 2.24) is 10.2 Å². The highest BCUT2D eigenvalue weighted by atomic mass is 16.5. The van der Waals surface area contributed by atoms with Crippen molar-refractivity contribution in [3.8, 4) is 0 Å². The van der Waals surface area contributed by atoms with Crippen LogP contribution in [0.25, 0.3) is 0 Å². The van der Waals surface area contributed by atoms with Crippen LogP contribution in [0.4, 0.5) is 0 Å². The summed E-state index contributed by atoms with van der Waals surface area (Å²) in [5.41, 5.74) is 0. The standard InChI is InChI=1S/C10H18N2O3/c1-7(10(14)15-3)11-9(13)8-5-4-6-12(8)2/h7-8H,4-6H2,1-3H3,(H,11,13)/t7-,8?/m1/s1. The van der Waals surface area contributed by atoms with Gasteiger partial charge in [0.15, 0.2) is 0 Å². The molecule has 1 saturated heterocycles. The molecule has 1 fully saturated rings. The third kappa shape index (κ3) is 2.92. The zero-order valence-corrected chi connectivity index (χ0v) is 9.45. The van der Waals surface area contributed by atoms with Gasteiger partial charge >= 0.3 is 5.97 Å². The summed E-state index contributed by atoms with van der Waals surface area (Å²) in [5.74, 6) is -0.503. The van der Waals surface area contributed by atoms with Gasteiger partial charge in [-0.3, -0.25) is 9.69 Å². The Morgan fingerprint density at radius 3 is 2.67 bits per heavy atom. The number of carbonyl (C=O) groups is 2. The van der Waals surface area contributed by atoms with Gasteiger partial charge in [0.05, 0.1) is 13.2 Å². The molecule has 0 aromatic heterocycles. The highest BCUT2D eigenvalue weighted by Gasteiger charge is 2.29. The number of carbonyl (C=O) groups excluding carboxylic acids is 2. The van der Waals surface area contributed by atoms with E-state index in [9.17, 15) is 9.59 Å². The van der Waals surface area contributed by atoms with E-state index in [1.54, 1.807) is 6.92 Å². The first kappa shape index (κ1) is 12.0. The van der Waals surface area contributed by atoms with Crippen molar-refractivity contribution in [2.75, 3.05) is 20.7 Å². The Hall–Kier alpha value is -1.10. The number of likely N-dealkylation sites (N-methyl/N-ethyl adjacent to an activating group) is 1. The van der Waals surface area contributed by atoms with E-state index in [2.05, 4.69) is 10.1 Å². The maximum atomic E-state index is 11.7. The van der Waals surface area contributed by atoms with Gasteiger partial charge in [-0.05, 0) is 33.4 Å². The lowest BCUT2D eigenvalue weighted by molar-refractivity contribution is -0.145. The Morgan fingerprint density at radius 2 is 2.20 bits per heavy atom. The summed E-state index contributed by atoms with van der Waals surface area (Å²) in [4.78, 5) is 24.8. The second-order valence-electron chi connectivity index (χ2n) is 3.89. The van der Waals surface area contributed by atoms with Crippen LogP contribution >= 0.6 is 0 Å². The average molecular weight is 214 g/mol. The number of hydrogen-bond donors (Lipinski definition) is 1. The van der Waals surface area contributed by atoms with E-state index in [1.807, 2.05) is 11.9 Å². The molecule has 2 atom stereocenters. The molecule has 1 unspecified atom stereocenters. The molecule has 0 radical (unpaired) electrons. The fraction of sp³-hybridized carbons (Fsp3) is 0.800. The second kappa shape index (κ2) is 5.11. The largest absolute Gasteiger partial charge is 0.467 e. The van der Waals surface area contributed by atoms with Gasteiger partial charge < -0.3 is 10.1 Å². The van der Waals surface area contributed by atoms with Crippen LogP contribution in [-0.2, 0) is 14.3 Å². The minimum atomic E-state index is -0.573. The van der Waals surface area contributed by atoms with Gasteiger partial charge in [0.2, 0.25) is 5.91 Å². The van der Waals surface area contributed by atoms with Crippen molar-refractivity contribution in [2.24, 2.45) is 0 Å². The van der Waals surface area contributed by atoms with Gasteiger partial charge in [-0.1, -0.05) is 0 Å². The highest BCUT2D eigenvalue weighted by molar-refractivity contribution is 5.87. The molecule has 1 N–H and O–H groups in total. The number of rotatable bonds is 3.